The lowest BCUT2D eigenvalue weighted by atomic mass is 10.2. The summed E-state index contributed by atoms with van der Waals surface area (Å²) >= 11 is 2.00. The van der Waals surface area contributed by atoms with Gasteiger partial charge in [0.1, 0.15) is 11.5 Å². The molecule has 0 radical (unpaired) electrons. The van der Waals surface area contributed by atoms with E-state index in [1.807, 2.05) is 22.6 Å². The standard InChI is InChI=1S/C14H11IN2O3/c15-11-7-9(5-6-13(11)19)8-16-17-14(20)10-3-1-2-4-12(10)18/h1-8,18-19H,(H,17,20)/b16-8+. The molecular weight excluding hydrogens is 371 g/mol. The van der Waals surface area contributed by atoms with Crippen molar-refractivity contribution < 1.29 is 15.0 Å². The number of para-hydroxylation sites is 1. The van der Waals surface area contributed by atoms with E-state index in [0.717, 1.165) is 5.56 Å². The molecule has 0 saturated carbocycles. The van der Waals surface area contributed by atoms with Crippen LogP contribution in [0.25, 0.3) is 0 Å². The summed E-state index contributed by atoms with van der Waals surface area (Å²) in [6.07, 6.45) is 1.46. The van der Waals surface area contributed by atoms with E-state index in [9.17, 15) is 15.0 Å². The highest BCUT2D eigenvalue weighted by Gasteiger charge is 2.08. The average Bonchev–Trinajstić information content (AvgIpc) is 2.43. The van der Waals surface area contributed by atoms with Crippen LogP contribution in [0, 0.1) is 3.57 Å². The lowest BCUT2D eigenvalue weighted by Gasteiger charge is -2.02. The summed E-state index contributed by atoms with van der Waals surface area (Å²) in [7, 11) is 0. The second kappa shape index (κ2) is 6.38. The summed E-state index contributed by atoms with van der Waals surface area (Å²) < 4.78 is 0.693. The number of benzene rings is 2. The predicted molar refractivity (Wildman–Crippen MR) is 84.0 cm³/mol. The number of rotatable bonds is 3. The number of nitrogens with zero attached hydrogens (tertiary/aromatic N) is 1. The van der Waals surface area contributed by atoms with Crippen LogP contribution in [0.15, 0.2) is 47.6 Å². The molecule has 3 N–H and O–H groups in total. The molecule has 0 aromatic heterocycles. The Morgan fingerprint density at radius 1 is 1.15 bits per heavy atom. The second-order valence-corrected chi connectivity index (χ2v) is 5.09. The summed E-state index contributed by atoms with van der Waals surface area (Å²) in [6, 6.07) is 11.2. The molecule has 0 saturated heterocycles. The van der Waals surface area contributed by atoms with E-state index in [-0.39, 0.29) is 17.1 Å². The van der Waals surface area contributed by atoms with E-state index in [0.29, 0.717) is 3.57 Å². The fourth-order valence-corrected chi connectivity index (χ4v) is 2.03. The van der Waals surface area contributed by atoms with Gasteiger partial charge in [0, 0.05) is 0 Å². The molecule has 20 heavy (non-hydrogen) atoms. The highest BCUT2D eigenvalue weighted by atomic mass is 127. The third-order valence-electron chi connectivity index (χ3n) is 2.50. The first kappa shape index (κ1) is 14.3. The van der Waals surface area contributed by atoms with Crippen molar-refractivity contribution in [3.8, 4) is 11.5 Å². The van der Waals surface area contributed by atoms with E-state index >= 15 is 0 Å². The smallest absolute Gasteiger partial charge is 0.275 e. The monoisotopic (exact) mass is 382 g/mol. The fourth-order valence-electron chi connectivity index (χ4n) is 1.49. The van der Waals surface area contributed by atoms with Crippen molar-refractivity contribution in [2.24, 2.45) is 5.10 Å². The fraction of sp³-hybridized carbons (Fsp3) is 0. The first-order chi connectivity index (χ1) is 9.58. The predicted octanol–water partition coefficient (Wildman–Crippen LogP) is 2.47. The number of hydrogen-bond donors (Lipinski definition) is 3. The van der Waals surface area contributed by atoms with Crippen molar-refractivity contribution in [2.75, 3.05) is 0 Å². The molecule has 2 rings (SSSR count). The third-order valence-corrected chi connectivity index (χ3v) is 3.36. The van der Waals surface area contributed by atoms with Crippen LogP contribution in [0.5, 0.6) is 11.5 Å². The average molecular weight is 382 g/mol. The number of carbonyl (C=O) groups excluding carboxylic acids is 1. The van der Waals surface area contributed by atoms with Gasteiger partial charge in [-0.2, -0.15) is 5.10 Å². The van der Waals surface area contributed by atoms with Gasteiger partial charge in [0.15, 0.2) is 0 Å². The van der Waals surface area contributed by atoms with E-state index in [4.69, 9.17) is 0 Å². The van der Waals surface area contributed by atoms with Crippen molar-refractivity contribution in [3.63, 3.8) is 0 Å². The van der Waals surface area contributed by atoms with Gasteiger partial charge in [-0.05, 0) is 58.5 Å². The van der Waals surface area contributed by atoms with Crippen molar-refractivity contribution in [3.05, 3.63) is 57.2 Å². The minimum absolute atomic E-state index is 0.0978. The van der Waals surface area contributed by atoms with Crippen LogP contribution < -0.4 is 5.43 Å². The molecule has 5 nitrogen and oxygen atoms in total. The number of carbonyl (C=O) groups is 1. The van der Waals surface area contributed by atoms with Crippen LogP contribution in [0.2, 0.25) is 0 Å². The maximum Gasteiger partial charge on any atom is 0.275 e. The zero-order valence-electron chi connectivity index (χ0n) is 10.2. The molecule has 0 heterocycles. The lowest BCUT2D eigenvalue weighted by Crippen LogP contribution is -2.17. The quantitative estimate of drug-likeness (QED) is 0.434. The van der Waals surface area contributed by atoms with Gasteiger partial charge in [0.05, 0.1) is 15.3 Å². The molecule has 1 amide bonds. The topological polar surface area (TPSA) is 81.9 Å². The van der Waals surface area contributed by atoms with Crippen molar-refractivity contribution in [2.45, 2.75) is 0 Å². The largest absolute Gasteiger partial charge is 0.507 e. The Labute approximate surface area is 129 Å². The Morgan fingerprint density at radius 3 is 2.60 bits per heavy atom. The Bertz CT molecular complexity index is 671. The molecule has 102 valence electrons. The molecule has 0 spiro atoms. The molecule has 0 unspecified atom stereocenters. The molecular formula is C14H11IN2O3. The van der Waals surface area contributed by atoms with Gasteiger partial charge in [-0.15, -0.1) is 0 Å². The molecule has 0 aliphatic rings. The van der Waals surface area contributed by atoms with Gasteiger partial charge in [-0.25, -0.2) is 5.43 Å². The number of amides is 1. The van der Waals surface area contributed by atoms with Gasteiger partial charge in [-0.3, -0.25) is 4.79 Å². The van der Waals surface area contributed by atoms with Gasteiger partial charge in [0.2, 0.25) is 0 Å². The van der Waals surface area contributed by atoms with Crippen molar-refractivity contribution in [1.29, 1.82) is 0 Å². The molecule has 0 bridgehead atoms. The summed E-state index contributed by atoms with van der Waals surface area (Å²) in [5, 5.41) is 22.7. The number of phenolic OH excluding ortho intramolecular Hbond substituents is 2. The summed E-state index contributed by atoms with van der Waals surface area (Å²) in [6.45, 7) is 0. The highest BCUT2D eigenvalue weighted by Crippen LogP contribution is 2.19. The molecule has 0 aliphatic heterocycles. The minimum Gasteiger partial charge on any atom is -0.507 e. The Morgan fingerprint density at radius 2 is 1.90 bits per heavy atom. The summed E-state index contributed by atoms with van der Waals surface area (Å²) in [5.41, 5.74) is 3.23. The van der Waals surface area contributed by atoms with Gasteiger partial charge < -0.3 is 10.2 Å². The van der Waals surface area contributed by atoms with Crippen LogP contribution in [-0.4, -0.2) is 22.3 Å². The number of phenols is 2. The third kappa shape index (κ3) is 3.47. The minimum atomic E-state index is -0.493. The number of aromatic hydroxyl groups is 2. The second-order valence-electron chi connectivity index (χ2n) is 3.93. The molecule has 0 atom stereocenters. The SMILES string of the molecule is O=C(N/N=C/c1ccc(O)c(I)c1)c1ccccc1O. The Kier molecular flexibility index (Phi) is 4.57. The number of hydrogen-bond acceptors (Lipinski definition) is 4. The number of hydrazone groups is 1. The van der Waals surface area contributed by atoms with Crippen molar-refractivity contribution in [1.82, 2.24) is 5.43 Å². The van der Waals surface area contributed by atoms with E-state index in [1.165, 1.54) is 18.3 Å². The maximum atomic E-state index is 11.8. The number of nitrogens with one attached hydrogen (secondary N) is 1. The Balaban J connectivity index is 2.05. The van der Waals surface area contributed by atoms with E-state index in [1.54, 1.807) is 30.3 Å². The normalized spacial score (nSPS) is 10.7. The molecule has 0 aliphatic carbocycles. The molecule has 2 aromatic carbocycles. The van der Waals surface area contributed by atoms with E-state index in [2.05, 4.69) is 10.5 Å². The summed E-state index contributed by atoms with van der Waals surface area (Å²) in [5.74, 6) is -0.395. The summed E-state index contributed by atoms with van der Waals surface area (Å²) in [4.78, 5) is 11.8. The lowest BCUT2D eigenvalue weighted by molar-refractivity contribution is 0.0952. The van der Waals surface area contributed by atoms with Crippen LogP contribution in [0.1, 0.15) is 15.9 Å². The van der Waals surface area contributed by atoms with Crippen LogP contribution in [0.4, 0.5) is 0 Å². The zero-order chi connectivity index (χ0) is 14.5. The van der Waals surface area contributed by atoms with Crippen LogP contribution in [-0.2, 0) is 0 Å². The maximum absolute atomic E-state index is 11.8. The first-order valence-electron chi connectivity index (χ1n) is 5.68. The highest BCUT2D eigenvalue weighted by molar-refractivity contribution is 14.1. The molecule has 0 fully saturated rings. The molecule has 6 heteroatoms. The van der Waals surface area contributed by atoms with Crippen molar-refractivity contribution >= 4 is 34.7 Å². The Hall–Kier alpha value is -2.09. The van der Waals surface area contributed by atoms with Gasteiger partial charge in [0.25, 0.3) is 5.91 Å². The molecule has 2 aromatic rings. The van der Waals surface area contributed by atoms with Crippen LogP contribution >= 0.6 is 22.6 Å². The van der Waals surface area contributed by atoms with Gasteiger partial charge in [-0.1, -0.05) is 12.1 Å². The first-order valence-corrected chi connectivity index (χ1v) is 6.75. The zero-order valence-corrected chi connectivity index (χ0v) is 12.4. The number of halogens is 1. The van der Waals surface area contributed by atoms with Crippen LogP contribution in [0.3, 0.4) is 0 Å². The van der Waals surface area contributed by atoms with E-state index < -0.39 is 5.91 Å². The van der Waals surface area contributed by atoms with Gasteiger partial charge >= 0.3 is 0 Å².